The molecule has 0 aromatic heterocycles. The van der Waals surface area contributed by atoms with Gasteiger partial charge in [-0.3, -0.25) is 4.79 Å². The Kier molecular flexibility index (Phi) is 5.52. The van der Waals surface area contributed by atoms with Crippen LogP contribution < -0.4 is 0 Å². The predicted octanol–water partition coefficient (Wildman–Crippen LogP) is 4.52. The Morgan fingerprint density at radius 1 is 1.37 bits per heavy atom. The fourth-order valence-electron chi connectivity index (χ4n) is 1.62. The van der Waals surface area contributed by atoms with E-state index in [1.165, 1.54) is 0 Å². The second-order valence-corrected chi connectivity index (χ2v) is 5.30. The zero-order valence-electron chi connectivity index (χ0n) is 10.2. The molecular formula is C13H13BrF4O. The molecule has 0 aliphatic heterocycles. The molecular weight excluding hydrogens is 328 g/mol. The first-order chi connectivity index (χ1) is 8.75. The number of benzene rings is 1. The SMILES string of the molecule is CCCC(=O)C(Br)Cc1cc(C(F)(F)F)ccc1F. The minimum atomic E-state index is -4.52. The van der Waals surface area contributed by atoms with Crippen molar-refractivity contribution in [2.45, 2.75) is 37.2 Å². The van der Waals surface area contributed by atoms with Crippen molar-refractivity contribution < 1.29 is 22.4 Å². The molecule has 1 aromatic carbocycles. The van der Waals surface area contributed by atoms with Gasteiger partial charge in [-0.05, 0) is 36.6 Å². The standard InChI is InChI=1S/C13H13BrF4O/c1-2-3-12(19)10(14)7-8-6-9(13(16,17)18)4-5-11(8)15/h4-6,10H,2-3,7H2,1H3. The number of alkyl halides is 4. The van der Waals surface area contributed by atoms with Gasteiger partial charge in [0.1, 0.15) is 11.6 Å². The minimum absolute atomic E-state index is 0.0887. The van der Waals surface area contributed by atoms with Gasteiger partial charge < -0.3 is 0 Å². The first-order valence-corrected chi connectivity index (χ1v) is 6.69. The fraction of sp³-hybridized carbons (Fsp3) is 0.462. The summed E-state index contributed by atoms with van der Waals surface area (Å²) >= 11 is 3.09. The maximum atomic E-state index is 13.5. The zero-order chi connectivity index (χ0) is 14.6. The number of carbonyl (C=O) groups is 1. The summed E-state index contributed by atoms with van der Waals surface area (Å²) in [5.41, 5.74) is -1.02. The lowest BCUT2D eigenvalue weighted by Gasteiger charge is -2.12. The van der Waals surface area contributed by atoms with Gasteiger partial charge in [-0.1, -0.05) is 22.9 Å². The molecule has 0 spiro atoms. The van der Waals surface area contributed by atoms with Crippen molar-refractivity contribution in [2.24, 2.45) is 0 Å². The lowest BCUT2D eigenvalue weighted by molar-refractivity contribution is -0.137. The Balaban J connectivity index is 2.91. The molecule has 1 unspecified atom stereocenters. The van der Waals surface area contributed by atoms with Gasteiger partial charge in [0.05, 0.1) is 10.4 Å². The molecule has 0 bridgehead atoms. The molecule has 19 heavy (non-hydrogen) atoms. The Morgan fingerprint density at radius 3 is 2.53 bits per heavy atom. The predicted molar refractivity (Wildman–Crippen MR) is 67.7 cm³/mol. The van der Waals surface area contributed by atoms with E-state index in [9.17, 15) is 22.4 Å². The molecule has 6 heteroatoms. The fourth-order valence-corrected chi connectivity index (χ4v) is 2.20. The minimum Gasteiger partial charge on any atom is -0.298 e. The van der Waals surface area contributed by atoms with E-state index in [-0.39, 0.29) is 17.8 Å². The van der Waals surface area contributed by atoms with E-state index in [0.717, 1.165) is 12.1 Å². The molecule has 1 atom stereocenters. The van der Waals surface area contributed by atoms with Crippen LogP contribution in [0.3, 0.4) is 0 Å². The summed E-state index contributed by atoms with van der Waals surface area (Å²) in [6.07, 6.45) is -3.64. The van der Waals surface area contributed by atoms with Gasteiger partial charge in [0, 0.05) is 6.42 Å². The Hall–Kier alpha value is -0.910. The van der Waals surface area contributed by atoms with Crippen LogP contribution in [0.4, 0.5) is 17.6 Å². The van der Waals surface area contributed by atoms with Crippen molar-refractivity contribution in [2.75, 3.05) is 0 Å². The summed E-state index contributed by atoms with van der Waals surface area (Å²) in [6.45, 7) is 1.82. The van der Waals surface area contributed by atoms with Crippen LogP contribution in [0.15, 0.2) is 18.2 Å². The number of rotatable bonds is 5. The van der Waals surface area contributed by atoms with Gasteiger partial charge in [-0.25, -0.2) is 4.39 Å². The van der Waals surface area contributed by atoms with Gasteiger partial charge >= 0.3 is 6.18 Å². The van der Waals surface area contributed by atoms with E-state index in [1.54, 1.807) is 0 Å². The number of halogens is 5. The maximum Gasteiger partial charge on any atom is 0.416 e. The summed E-state index contributed by atoms with van der Waals surface area (Å²) in [6, 6.07) is 2.22. The van der Waals surface area contributed by atoms with Gasteiger partial charge in [0.25, 0.3) is 0 Å². The van der Waals surface area contributed by atoms with Gasteiger partial charge in [-0.15, -0.1) is 0 Å². The highest BCUT2D eigenvalue weighted by molar-refractivity contribution is 9.10. The summed E-state index contributed by atoms with van der Waals surface area (Å²) in [4.78, 5) is 10.9. The summed E-state index contributed by atoms with van der Waals surface area (Å²) in [7, 11) is 0. The first kappa shape index (κ1) is 16.1. The molecule has 0 saturated heterocycles. The van der Waals surface area contributed by atoms with Crippen LogP contribution in [0, 0.1) is 5.82 Å². The van der Waals surface area contributed by atoms with E-state index in [0.29, 0.717) is 18.9 Å². The van der Waals surface area contributed by atoms with Crippen molar-refractivity contribution in [1.82, 2.24) is 0 Å². The molecule has 0 fully saturated rings. The maximum absolute atomic E-state index is 13.5. The third-order valence-corrected chi connectivity index (χ3v) is 3.45. The Labute approximate surface area is 117 Å². The summed E-state index contributed by atoms with van der Waals surface area (Å²) in [5, 5.41) is 0. The molecule has 1 nitrogen and oxygen atoms in total. The highest BCUT2D eigenvalue weighted by atomic mass is 79.9. The second-order valence-electron chi connectivity index (χ2n) is 4.19. The number of carbonyl (C=O) groups excluding carboxylic acids is 1. The molecule has 0 saturated carbocycles. The summed E-state index contributed by atoms with van der Waals surface area (Å²) < 4.78 is 51.0. The van der Waals surface area contributed by atoms with Gasteiger partial charge in [0.2, 0.25) is 0 Å². The number of ketones is 1. The largest absolute Gasteiger partial charge is 0.416 e. The van der Waals surface area contributed by atoms with Crippen molar-refractivity contribution in [3.63, 3.8) is 0 Å². The molecule has 1 aromatic rings. The van der Waals surface area contributed by atoms with Crippen molar-refractivity contribution in [3.05, 3.63) is 35.1 Å². The topological polar surface area (TPSA) is 17.1 Å². The van der Waals surface area contributed by atoms with Crippen molar-refractivity contribution in [3.8, 4) is 0 Å². The van der Waals surface area contributed by atoms with Crippen LogP contribution in [0.5, 0.6) is 0 Å². The molecule has 0 N–H and O–H groups in total. The van der Waals surface area contributed by atoms with Crippen LogP contribution in [-0.2, 0) is 17.4 Å². The van der Waals surface area contributed by atoms with Crippen molar-refractivity contribution >= 4 is 21.7 Å². The van der Waals surface area contributed by atoms with Crippen LogP contribution in [-0.4, -0.2) is 10.6 Å². The smallest absolute Gasteiger partial charge is 0.298 e. The van der Waals surface area contributed by atoms with Crippen LogP contribution in [0.1, 0.15) is 30.9 Å². The lowest BCUT2D eigenvalue weighted by Crippen LogP contribution is -2.17. The molecule has 0 radical (unpaired) electrons. The third-order valence-electron chi connectivity index (χ3n) is 2.62. The van der Waals surface area contributed by atoms with E-state index < -0.39 is 22.4 Å². The Bertz CT molecular complexity index is 456. The first-order valence-electron chi connectivity index (χ1n) is 5.78. The molecule has 0 heterocycles. The zero-order valence-corrected chi connectivity index (χ0v) is 11.8. The van der Waals surface area contributed by atoms with Crippen LogP contribution in [0.2, 0.25) is 0 Å². The van der Waals surface area contributed by atoms with Crippen LogP contribution >= 0.6 is 15.9 Å². The lowest BCUT2D eigenvalue weighted by atomic mass is 10.0. The number of Topliss-reactive ketones (excluding diaryl/α,β-unsaturated/α-hetero) is 1. The van der Waals surface area contributed by atoms with Gasteiger partial charge in [0.15, 0.2) is 0 Å². The number of hydrogen-bond donors (Lipinski definition) is 0. The quantitative estimate of drug-likeness (QED) is 0.569. The molecule has 0 aliphatic rings. The van der Waals surface area contributed by atoms with Crippen LogP contribution in [0.25, 0.3) is 0 Å². The van der Waals surface area contributed by atoms with E-state index >= 15 is 0 Å². The monoisotopic (exact) mass is 340 g/mol. The van der Waals surface area contributed by atoms with Crippen molar-refractivity contribution in [1.29, 1.82) is 0 Å². The second kappa shape index (κ2) is 6.50. The normalized spacial score (nSPS) is 13.4. The average Bonchev–Trinajstić information content (AvgIpc) is 2.30. The number of hydrogen-bond acceptors (Lipinski definition) is 1. The molecule has 0 amide bonds. The molecule has 106 valence electrons. The highest BCUT2D eigenvalue weighted by Gasteiger charge is 2.31. The molecule has 1 rings (SSSR count). The van der Waals surface area contributed by atoms with E-state index in [4.69, 9.17) is 0 Å². The molecule has 0 aliphatic carbocycles. The average molecular weight is 341 g/mol. The van der Waals surface area contributed by atoms with E-state index in [2.05, 4.69) is 15.9 Å². The highest BCUT2D eigenvalue weighted by Crippen LogP contribution is 2.31. The summed E-state index contributed by atoms with van der Waals surface area (Å²) in [5.74, 6) is -0.874. The third kappa shape index (κ3) is 4.60. The Morgan fingerprint density at radius 2 is 2.00 bits per heavy atom. The van der Waals surface area contributed by atoms with Gasteiger partial charge in [-0.2, -0.15) is 13.2 Å². The van der Waals surface area contributed by atoms with E-state index in [1.807, 2.05) is 6.92 Å².